The summed E-state index contributed by atoms with van der Waals surface area (Å²) >= 11 is 0. The van der Waals surface area contributed by atoms with Crippen LogP contribution in [0.15, 0.2) is 0 Å². The van der Waals surface area contributed by atoms with E-state index in [9.17, 15) is 4.79 Å². The van der Waals surface area contributed by atoms with Gasteiger partial charge in [-0.3, -0.25) is 4.79 Å². The van der Waals surface area contributed by atoms with Crippen LogP contribution < -0.4 is 0 Å². The standard InChI is InChI=1S/C12H21NO/c1-4-5-6-7-12(14)11(9-13)8-10(2)3/h10-11H,4-8H2,1-3H3. The van der Waals surface area contributed by atoms with Crippen molar-refractivity contribution in [1.29, 1.82) is 5.26 Å². The van der Waals surface area contributed by atoms with Crippen molar-refractivity contribution in [2.75, 3.05) is 0 Å². The molecule has 0 radical (unpaired) electrons. The molecule has 14 heavy (non-hydrogen) atoms. The van der Waals surface area contributed by atoms with Gasteiger partial charge in [0.25, 0.3) is 0 Å². The zero-order chi connectivity index (χ0) is 11.0. The quantitative estimate of drug-likeness (QED) is 0.585. The van der Waals surface area contributed by atoms with E-state index < -0.39 is 0 Å². The zero-order valence-electron chi connectivity index (χ0n) is 9.55. The third kappa shape index (κ3) is 5.75. The summed E-state index contributed by atoms with van der Waals surface area (Å²) < 4.78 is 0. The van der Waals surface area contributed by atoms with E-state index in [1.165, 1.54) is 0 Å². The van der Waals surface area contributed by atoms with Crippen molar-refractivity contribution < 1.29 is 4.79 Å². The van der Waals surface area contributed by atoms with Gasteiger partial charge < -0.3 is 0 Å². The highest BCUT2D eigenvalue weighted by molar-refractivity contribution is 5.83. The van der Waals surface area contributed by atoms with Crippen molar-refractivity contribution in [2.24, 2.45) is 11.8 Å². The van der Waals surface area contributed by atoms with Crippen LogP contribution in [0.5, 0.6) is 0 Å². The lowest BCUT2D eigenvalue weighted by atomic mass is 9.92. The molecule has 80 valence electrons. The smallest absolute Gasteiger partial charge is 0.150 e. The summed E-state index contributed by atoms with van der Waals surface area (Å²) in [5.74, 6) is 0.191. The van der Waals surface area contributed by atoms with Gasteiger partial charge in [-0.1, -0.05) is 33.6 Å². The van der Waals surface area contributed by atoms with E-state index in [-0.39, 0.29) is 11.7 Å². The molecular formula is C12H21NO. The van der Waals surface area contributed by atoms with E-state index >= 15 is 0 Å². The highest BCUT2D eigenvalue weighted by Crippen LogP contribution is 2.15. The number of carbonyl (C=O) groups is 1. The molecule has 0 bridgehead atoms. The highest BCUT2D eigenvalue weighted by atomic mass is 16.1. The monoisotopic (exact) mass is 195 g/mol. The molecule has 1 atom stereocenters. The number of carbonyl (C=O) groups excluding carboxylic acids is 1. The van der Waals surface area contributed by atoms with Gasteiger partial charge in [-0.15, -0.1) is 0 Å². The average molecular weight is 195 g/mol. The van der Waals surface area contributed by atoms with Crippen LogP contribution in [-0.2, 0) is 4.79 Å². The zero-order valence-corrected chi connectivity index (χ0v) is 9.55. The van der Waals surface area contributed by atoms with E-state index in [0.29, 0.717) is 18.8 Å². The molecule has 0 heterocycles. The van der Waals surface area contributed by atoms with Crippen LogP contribution in [0.1, 0.15) is 52.9 Å². The molecule has 0 N–H and O–H groups in total. The van der Waals surface area contributed by atoms with Gasteiger partial charge in [-0.05, 0) is 18.8 Å². The number of rotatable bonds is 7. The normalized spacial score (nSPS) is 12.5. The van der Waals surface area contributed by atoms with Gasteiger partial charge in [0.05, 0.1) is 6.07 Å². The molecule has 0 saturated heterocycles. The minimum absolute atomic E-state index is 0.134. The summed E-state index contributed by atoms with van der Waals surface area (Å²) in [6.45, 7) is 6.20. The predicted molar refractivity (Wildman–Crippen MR) is 57.7 cm³/mol. The molecule has 0 aliphatic carbocycles. The number of ketones is 1. The fourth-order valence-corrected chi connectivity index (χ4v) is 1.45. The van der Waals surface area contributed by atoms with E-state index in [4.69, 9.17) is 5.26 Å². The van der Waals surface area contributed by atoms with Gasteiger partial charge in [0.1, 0.15) is 11.7 Å². The highest BCUT2D eigenvalue weighted by Gasteiger charge is 2.18. The third-order valence-electron chi connectivity index (χ3n) is 2.28. The molecule has 2 nitrogen and oxygen atoms in total. The maximum atomic E-state index is 11.6. The Labute approximate surface area is 87.3 Å². The Balaban J connectivity index is 3.88. The summed E-state index contributed by atoms with van der Waals surface area (Å²) in [7, 11) is 0. The number of hydrogen-bond donors (Lipinski definition) is 0. The summed E-state index contributed by atoms with van der Waals surface area (Å²) in [5, 5.41) is 8.83. The molecule has 1 unspecified atom stereocenters. The van der Waals surface area contributed by atoms with Crippen LogP contribution in [0.2, 0.25) is 0 Å². The van der Waals surface area contributed by atoms with Crippen molar-refractivity contribution in [3.63, 3.8) is 0 Å². The van der Waals surface area contributed by atoms with E-state index in [2.05, 4.69) is 13.0 Å². The van der Waals surface area contributed by atoms with Crippen molar-refractivity contribution in [3.8, 4) is 6.07 Å². The van der Waals surface area contributed by atoms with Crippen LogP contribution in [0.3, 0.4) is 0 Å². The molecule has 0 aliphatic heterocycles. The van der Waals surface area contributed by atoms with Gasteiger partial charge >= 0.3 is 0 Å². The molecular weight excluding hydrogens is 174 g/mol. The van der Waals surface area contributed by atoms with Crippen molar-refractivity contribution in [3.05, 3.63) is 0 Å². The third-order valence-corrected chi connectivity index (χ3v) is 2.28. The lowest BCUT2D eigenvalue weighted by molar-refractivity contribution is -0.121. The second kappa shape index (κ2) is 7.55. The maximum Gasteiger partial charge on any atom is 0.150 e. The maximum absolute atomic E-state index is 11.6. The fourth-order valence-electron chi connectivity index (χ4n) is 1.45. The Hall–Kier alpha value is -0.840. The Kier molecular flexibility index (Phi) is 7.10. The molecule has 0 aromatic heterocycles. The lowest BCUT2D eigenvalue weighted by Crippen LogP contribution is -2.14. The Morgan fingerprint density at radius 3 is 2.43 bits per heavy atom. The predicted octanol–water partition coefficient (Wildman–Crippen LogP) is 3.32. The summed E-state index contributed by atoms with van der Waals surface area (Å²) in [5.41, 5.74) is 0. The Morgan fingerprint density at radius 1 is 1.36 bits per heavy atom. The number of nitrogens with zero attached hydrogens (tertiary/aromatic N) is 1. The van der Waals surface area contributed by atoms with Gasteiger partial charge in [-0.2, -0.15) is 5.26 Å². The van der Waals surface area contributed by atoms with E-state index in [0.717, 1.165) is 19.3 Å². The Morgan fingerprint density at radius 2 is 2.00 bits per heavy atom. The first-order valence-corrected chi connectivity index (χ1v) is 5.54. The summed E-state index contributed by atoms with van der Waals surface area (Å²) in [6.07, 6.45) is 4.44. The van der Waals surface area contributed by atoms with Crippen molar-refractivity contribution >= 4 is 5.78 Å². The van der Waals surface area contributed by atoms with Gasteiger partial charge in [0, 0.05) is 6.42 Å². The van der Waals surface area contributed by atoms with Crippen LogP contribution in [0.25, 0.3) is 0 Å². The first-order chi connectivity index (χ1) is 6.61. The molecule has 0 saturated carbocycles. The topological polar surface area (TPSA) is 40.9 Å². The van der Waals surface area contributed by atoms with Crippen molar-refractivity contribution in [1.82, 2.24) is 0 Å². The van der Waals surface area contributed by atoms with Crippen molar-refractivity contribution in [2.45, 2.75) is 52.9 Å². The molecule has 0 amide bonds. The first kappa shape index (κ1) is 13.2. The van der Waals surface area contributed by atoms with Gasteiger partial charge in [-0.25, -0.2) is 0 Å². The molecule has 0 aliphatic rings. The van der Waals surface area contributed by atoms with Crippen LogP contribution in [0, 0.1) is 23.2 Å². The van der Waals surface area contributed by atoms with Gasteiger partial charge in [0.2, 0.25) is 0 Å². The van der Waals surface area contributed by atoms with Crippen LogP contribution >= 0.6 is 0 Å². The van der Waals surface area contributed by atoms with E-state index in [1.807, 2.05) is 13.8 Å². The number of hydrogen-bond acceptors (Lipinski definition) is 2. The summed E-state index contributed by atoms with van der Waals surface area (Å²) in [4.78, 5) is 11.6. The number of Topliss-reactive ketones (excluding diaryl/α,β-unsaturated/α-hetero) is 1. The lowest BCUT2D eigenvalue weighted by Gasteiger charge is -2.09. The molecule has 0 spiro atoms. The second-order valence-corrected chi connectivity index (χ2v) is 4.23. The average Bonchev–Trinajstić information content (AvgIpc) is 2.14. The molecule has 0 aromatic carbocycles. The van der Waals surface area contributed by atoms with E-state index in [1.54, 1.807) is 0 Å². The molecule has 0 aromatic rings. The first-order valence-electron chi connectivity index (χ1n) is 5.54. The number of nitriles is 1. The minimum Gasteiger partial charge on any atom is -0.298 e. The second-order valence-electron chi connectivity index (χ2n) is 4.23. The Bertz CT molecular complexity index is 203. The van der Waals surface area contributed by atoms with Crippen LogP contribution in [0.4, 0.5) is 0 Å². The molecule has 2 heteroatoms. The SMILES string of the molecule is CCCCCC(=O)C(C#N)CC(C)C. The summed E-state index contributed by atoms with van der Waals surface area (Å²) in [6, 6.07) is 2.11. The van der Waals surface area contributed by atoms with Gasteiger partial charge in [0.15, 0.2) is 0 Å². The minimum atomic E-state index is -0.369. The molecule has 0 fully saturated rings. The largest absolute Gasteiger partial charge is 0.298 e. The molecule has 0 rings (SSSR count). The number of unbranched alkanes of at least 4 members (excludes halogenated alkanes) is 2. The van der Waals surface area contributed by atoms with Crippen LogP contribution in [-0.4, -0.2) is 5.78 Å². The fraction of sp³-hybridized carbons (Fsp3) is 0.833.